The van der Waals surface area contributed by atoms with Gasteiger partial charge in [-0.05, 0) is 26.0 Å². The van der Waals surface area contributed by atoms with Crippen molar-refractivity contribution in [2.75, 3.05) is 5.73 Å². The smallest absolute Gasteiger partial charge is 0.254 e. The molecule has 0 unspecified atom stereocenters. The van der Waals surface area contributed by atoms with Crippen molar-refractivity contribution in [1.82, 2.24) is 19.9 Å². The van der Waals surface area contributed by atoms with Crippen LogP contribution < -0.4 is 11.5 Å². The highest BCUT2D eigenvalue weighted by Gasteiger charge is 2.25. The van der Waals surface area contributed by atoms with Crippen LogP contribution in [0.2, 0.25) is 0 Å². The standard InChI is InChI=1S/C15H16N6O2/c1-8(2)21-14(16)12(15(17)22)13(19-21)10-6-11(23-20-10)9-4-3-5-18-7-9/h3-8H,16H2,1-2H3,(H2,17,22). The number of pyridine rings is 1. The van der Waals surface area contributed by atoms with Crippen LogP contribution in [0.1, 0.15) is 30.2 Å². The lowest BCUT2D eigenvalue weighted by Crippen LogP contribution is -2.15. The molecule has 0 aliphatic carbocycles. The highest BCUT2D eigenvalue weighted by Crippen LogP contribution is 2.30. The molecule has 0 aromatic carbocycles. The van der Waals surface area contributed by atoms with Crippen LogP contribution in [0, 0.1) is 0 Å². The number of carbonyl (C=O) groups excluding carboxylic acids is 1. The normalized spacial score (nSPS) is 11.1. The van der Waals surface area contributed by atoms with Crippen molar-refractivity contribution in [2.45, 2.75) is 19.9 Å². The summed E-state index contributed by atoms with van der Waals surface area (Å²) in [6, 6.07) is 5.28. The summed E-state index contributed by atoms with van der Waals surface area (Å²) in [7, 11) is 0. The van der Waals surface area contributed by atoms with Crippen LogP contribution in [-0.4, -0.2) is 25.8 Å². The molecule has 0 spiro atoms. The van der Waals surface area contributed by atoms with Crippen molar-refractivity contribution >= 4 is 11.7 Å². The number of primary amides is 1. The molecule has 0 fully saturated rings. The van der Waals surface area contributed by atoms with Gasteiger partial charge in [0.25, 0.3) is 5.91 Å². The Morgan fingerprint density at radius 3 is 2.78 bits per heavy atom. The predicted octanol–water partition coefficient (Wildman–Crippen LogP) is 1.86. The molecule has 118 valence electrons. The van der Waals surface area contributed by atoms with E-state index in [2.05, 4.69) is 15.2 Å². The fourth-order valence-electron chi connectivity index (χ4n) is 2.29. The Bertz CT molecular complexity index is 850. The second-order valence-corrected chi connectivity index (χ2v) is 5.33. The number of hydrogen-bond acceptors (Lipinski definition) is 6. The first-order chi connectivity index (χ1) is 11.0. The van der Waals surface area contributed by atoms with Crippen molar-refractivity contribution in [3.8, 4) is 22.7 Å². The zero-order valence-electron chi connectivity index (χ0n) is 12.7. The number of rotatable bonds is 4. The lowest BCUT2D eigenvalue weighted by Gasteiger charge is -2.06. The van der Waals surface area contributed by atoms with Crippen molar-refractivity contribution < 1.29 is 9.32 Å². The number of aromatic nitrogens is 4. The largest absolute Gasteiger partial charge is 0.383 e. The highest BCUT2D eigenvalue weighted by atomic mass is 16.5. The number of nitrogens with two attached hydrogens (primary N) is 2. The fraction of sp³-hybridized carbons (Fsp3) is 0.200. The molecule has 8 nitrogen and oxygen atoms in total. The lowest BCUT2D eigenvalue weighted by atomic mass is 10.1. The van der Waals surface area contributed by atoms with Crippen LogP contribution in [0.5, 0.6) is 0 Å². The summed E-state index contributed by atoms with van der Waals surface area (Å²) in [5, 5.41) is 8.34. The third-order valence-corrected chi connectivity index (χ3v) is 3.38. The Kier molecular flexibility index (Phi) is 3.57. The second kappa shape index (κ2) is 5.56. The fourth-order valence-corrected chi connectivity index (χ4v) is 2.29. The Morgan fingerprint density at radius 2 is 2.17 bits per heavy atom. The van der Waals surface area contributed by atoms with E-state index in [9.17, 15) is 4.79 Å². The van der Waals surface area contributed by atoms with E-state index in [1.165, 1.54) is 4.68 Å². The SMILES string of the molecule is CC(C)n1nc(-c2cc(-c3cccnc3)on2)c(C(N)=O)c1N. The Morgan fingerprint density at radius 1 is 1.39 bits per heavy atom. The quantitative estimate of drug-likeness (QED) is 0.757. The van der Waals surface area contributed by atoms with Crippen LogP contribution in [-0.2, 0) is 0 Å². The van der Waals surface area contributed by atoms with E-state index in [0.717, 1.165) is 5.56 Å². The number of amides is 1. The first-order valence-electron chi connectivity index (χ1n) is 7.04. The van der Waals surface area contributed by atoms with Gasteiger partial charge in [-0.25, -0.2) is 4.68 Å². The van der Waals surface area contributed by atoms with E-state index in [-0.39, 0.29) is 17.4 Å². The molecule has 0 aliphatic rings. The minimum Gasteiger partial charge on any atom is -0.383 e. The maximum atomic E-state index is 11.7. The Labute approximate surface area is 132 Å². The summed E-state index contributed by atoms with van der Waals surface area (Å²) in [6.07, 6.45) is 3.32. The molecule has 1 amide bonds. The summed E-state index contributed by atoms with van der Waals surface area (Å²) >= 11 is 0. The number of nitrogens with zero attached hydrogens (tertiary/aromatic N) is 4. The van der Waals surface area contributed by atoms with Gasteiger partial charge < -0.3 is 16.0 Å². The summed E-state index contributed by atoms with van der Waals surface area (Å²) in [6.45, 7) is 3.81. The maximum absolute atomic E-state index is 11.7. The van der Waals surface area contributed by atoms with Crippen LogP contribution in [0.25, 0.3) is 22.7 Å². The zero-order chi connectivity index (χ0) is 16.6. The molecule has 0 bridgehead atoms. The first-order valence-corrected chi connectivity index (χ1v) is 7.04. The minimum atomic E-state index is -0.657. The summed E-state index contributed by atoms with van der Waals surface area (Å²) in [5.41, 5.74) is 13.0. The second-order valence-electron chi connectivity index (χ2n) is 5.33. The third-order valence-electron chi connectivity index (χ3n) is 3.38. The Balaban J connectivity index is 2.11. The van der Waals surface area contributed by atoms with Gasteiger partial charge in [0.2, 0.25) is 0 Å². The highest BCUT2D eigenvalue weighted by molar-refractivity contribution is 6.03. The van der Waals surface area contributed by atoms with E-state index in [4.69, 9.17) is 16.0 Å². The average molecular weight is 312 g/mol. The average Bonchev–Trinajstić information content (AvgIpc) is 3.12. The van der Waals surface area contributed by atoms with Crippen molar-refractivity contribution in [3.05, 3.63) is 36.2 Å². The van der Waals surface area contributed by atoms with Crippen LogP contribution in [0.3, 0.4) is 0 Å². The molecule has 3 aromatic rings. The Hall–Kier alpha value is -3.16. The van der Waals surface area contributed by atoms with Gasteiger partial charge in [-0.2, -0.15) is 5.10 Å². The molecule has 0 saturated carbocycles. The molecule has 0 radical (unpaired) electrons. The molecule has 23 heavy (non-hydrogen) atoms. The van der Waals surface area contributed by atoms with E-state index in [1.54, 1.807) is 24.5 Å². The molecule has 3 heterocycles. The van der Waals surface area contributed by atoms with Gasteiger partial charge in [0, 0.05) is 30.1 Å². The van der Waals surface area contributed by atoms with E-state index < -0.39 is 5.91 Å². The topological polar surface area (TPSA) is 126 Å². The van der Waals surface area contributed by atoms with Gasteiger partial charge in [-0.15, -0.1) is 0 Å². The van der Waals surface area contributed by atoms with Gasteiger partial charge in [-0.1, -0.05) is 5.16 Å². The summed E-state index contributed by atoms with van der Waals surface area (Å²) in [4.78, 5) is 15.8. The lowest BCUT2D eigenvalue weighted by molar-refractivity contribution is 0.100. The van der Waals surface area contributed by atoms with Gasteiger partial charge in [0.05, 0.1) is 0 Å². The number of anilines is 1. The molecule has 3 rings (SSSR count). The summed E-state index contributed by atoms with van der Waals surface area (Å²) in [5.74, 6) is 0.0740. The van der Waals surface area contributed by atoms with Crippen molar-refractivity contribution in [1.29, 1.82) is 0 Å². The molecule has 0 saturated heterocycles. The number of hydrogen-bond donors (Lipinski definition) is 2. The third kappa shape index (κ3) is 2.54. The molecule has 0 atom stereocenters. The molecule has 8 heteroatoms. The molecule has 0 aliphatic heterocycles. The first kappa shape index (κ1) is 14.8. The van der Waals surface area contributed by atoms with Gasteiger partial charge >= 0.3 is 0 Å². The number of nitrogen functional groups attached to an aromatic ring is 1. The zero-order valence-corrected chi connectivity index (χ0v) is 12.7. The van der Waals surface area contributed by atoms with E-state index >= 15 is 0 Å². The van der Waals surface area contributed by atoms with Crippen molar-refractivity contribution in [3.63, 3.8) is 0 Å². The molecular formula is C15H16N6O2. The summed E-state index contributed by atoms with van der Waals surface area (Å²) < 4.78 is 6.85. The van der Waals surface area contributed by atoms with E-state index in [0.29, 0.717) is 17.1 Å². The van der Waals surface area contributed by atoms with E-state index in [1.807, 2.05) is 19.9 Å². The number of carbonyl (C=O) groups is 1. The predicted molar refractivity (Wildman–Crippen MR) is 84.3 cm³/mol. The molecule has 4 N–H and O–H groups in total. The maximum Gasteiger partial charge on any atom is 0.254 e. The van der Waals surface area contributed by atoms with Gasteiger partial charge in [0.1, 0.15) is 22.8 Å². The van der Waals surface area contributed by atoms with Crippen molar-refractivity contribution in [2.24, 2.45) is 5.73 Å². The molecular weight excluding hydrogens is 296 g/mol. The van der Waals surface area contributed by atoms with Crippen LogP contribution >= 0.6 is 0 Å². The van der Waals surface area contributed by atoms with Crippen LogP contribution in [0.15, 0.2) is 35.1 Å². The van der Waals surface area contributed by atoms with Gasteiger partial charge in [0.15, 0.2) is 5.76 Å². The van der Waals surface area contributed by atoms with Crippen LogP contribution in [0.4, 0.5) is 5.82 Å². The molecule has 3 aromatic heterocycles. The monoisotopic (exact) mass is 312 g/mol. The minimum absolute atomic E-state index is 0.0217. The van der Waals surface area contributed by atoms with Gasteiger partial charge in [-0.3, -0.25) is 9.78 Å².